The first-order valence-corrected chi connectivity index (χ1v) is 7.26. The van der Waals surface area contributed by atoms with E-state index in [1.54, 1.807) is 0 Å². The Kier molecular flexibility index (Phi) is 3.01. The monoisotopic (exact) mass is 298 g/mol. The van der Waals surface area contributed by atoms with Crippen LogP contribution in [-0.4, -0.2) is 23.0 Å². The number of aromatic nitrogens is 2. The third-order valence-electron chi connectivity index (χ3n) is 3.95. The lowest BCUT2D eigenvalue weighted by atomic mass is 10.2. The standard InChI is InChI=1S/C19H14N4/c1-20-18-11-13(12-19(21-2)22-18)23-16-9-5-3-7-14(16)15-8-4-6-10-17(15)23/h3-12H,1-2H2. The van der Waals surface area contributed by atoms with Gasteiger partial charge in [0.25, 0.3) is 0 Å². The van der Waals surface area contributed by atoms with E-state index in [0.29, 0.717) is 11.6 Å². The molecule has 0 saturated heterocycles. The molecule has 0 aliphatic carbocycles. The smallest absolute Gasteiger partial charge is 0.155 e. The van der Waals surface area contributed by atoms with Crippen molar-refractivity contribution in [2.24, 2.45) is 9.98 Å². The lowest BCUT2D eigenvalue weighted by Gasteiger charge is -2.09. The van der Waals surface area contributed by atoms with Crippen molar-refractivity contribution in [3.63, 3.8) is 0 Å². The molecule has 4 rings (SSSR count). The van der Waals surface area contributed by atoms with Gasteiger partial charge in [0, 0.05) is 22.9 Å². The summed E-state index contributed by atoms with van der Waals surface area (Å²) in [5, 5.41) is 2.42. The predicted molar refractivity (Wildman–Crippen MR) is 97.0 cm³/mol. The van der Waals surface area contributed by atoms with Crippen LogP contribution in [0.3, 0.4) is 0 Å². The average Bonchev–Trinajstić information content (AvgIpc) is 2.96. The van der Waals surface area contributed by atoms with Gasteiger partial charge in [0.15, 0.2) is 11.6 Å². The zero-order chi connectivity index (χ0) is 15.8. The number of para-hydroxylation sites is 2. The number of pyridine rings is 1. The molecular formula is C19H14N4. The van der Waals surface area contributed by atoms with Gasteiger partial charge in [-0.2, -0.15) is 0 Å². The second-order valence-corrected chi connectivity index (χ2v) is 5.23. The van der Waals surface area contributed by atoms with Crippen molar-refractivity contribution in [1.29, 1.82) is 0 Å². The number of hydrogen-bond donors (Lipinski definition) is 0. The van der Waals surface area contributed by atoms with Gasteiger partial charge in [-0.3, -0.25) is 0 Å². The van der Waals surface area contributed by atoms with Gasteiger partial charge in [0.1, 0.15) is 0 Å². The summed E-state index contributed by atoms with van der Waals surface area (Å²) >= 11 is 0. The lowest BCUT2D eigenvalue weighted by molar-refractivity contribution is 1.14. The highest BCUT2D eigenvalue weighted by atomic mass is 15.0. The van der Waals surface area contributed by atoms with Gasteiger partial charge in [-0.05, 0) is 25.6 Å². The molecule has 2 heterocycles. The highest BCUT2D eigenvalue weighted by Crippen LogP contribution is 2.33. The number of rotatable bonds is 3. The van der Waals surface area contributed by atoms with Crippen LogP contribution in [0.2, 0.25) is 0 Å². The Morgan fingerprint density at radius 1 is 0.739 bits per heavy atom. The Labute approximate surface area is 133 Å². The molecule has 0 radical (unpaired) electrons. The van der Waals surface area contributed by atoms with E-state index in [1.807, 2.05) is 24.3 Å². The van der Waals surface area contributed by atoms with Crippen LogP contribution < -0.4 is 0 Å². The molecule has 2 aromatic carbocycles. The summed E-state index contributed by atoms with van der Waals surface area (Å²) in [6, 6.07) is 20.5. The normalized spacial score (nSPS) is 11.0. The van der Waals surface area contributed by atoms with Gasteiger partial charge in [-0.15, -0.1) is 0 Å². The van der Waals surface area contributed by atoms with Crippen LogP contribution in [0.1, 0.15) is 0 Å². The number of hydrogen-bond acceptors (Lipinski definition) is 3. The first kappa shape index (κ1) is 13.4. The molecule has 0 fully saturated rings. The highest BCUT2D eigenvalue weighted by Gasteiger charge is 2.12. The van der Waals surface area contributed by atoms with Crippen LogP contribution in [0, 0.1) is 0 Å². The van der Waals surface area contributed by atoms with Gasteiger partial charge in [-0.25, -0.2) is 15.0 Å². The fourth-order valence-corrected chi connectivity index (χ4v) is 2.98. The molecule has 110 valence electrons. The molecule has 0 aliphatic rings. The van der Waals surface area contributed by atoms with Crippen LogP contribution >= 0.6 is 0 Å². The Hall–Kier alpha value is -3.27. The fraction of sp³-hybridized carbons (Fsp3) is 0. The number of nitrogens with zero attached hydrogens (tertiary/aromatic N) is 4. The van der Waals surface area contributed by atoms with Crippen LogP contribution in [0.15, 0.2) is 70.6 Å². The molecule has 23 heavy (non-hydrogen) atoms. The van der Waals surface area contributed by atoms with Crippen LogP contribution in [0.5, 0.6) is 0 Å². The first-order chi connectivity index (χ1) is 11.3. The van der Waals surface area contributed by atoms with Crippen molar-refractivity contribution < 1.29 is 0 Å². The van der Waals surface area contributed by atoms with Crippen molar-refractivity contribution in [2.45, 2.75) is 0 Å². The quantitative estimate of drug-likeness (QED) is 0.499. The van der Waals surface area contributed by atoms with Crippen molar-refractivity contribution in [2.75, 3.05) is 0 Å². The summed E-state index contributed by atoms with van der Waals surface area (Å²) in [6.45, 7) is 7.14. The number of aliphatic imine (C=N–C) groups is 2. The molecule has 0 atom stereocenters. The first-order valence-electron chi connectivity index (χ1n) is 7.26. The third-order valence-corrected chi connectivity index (χ3v) is 3.95. The second-order valence-electron chi connectivity index (χ2n) is 5.23. The predicted octanol–water partition coefficient (Wildman–Crippen LogP) is 4.84. The maximum Gasteiger partial charge on any atom is 0.155 e. The van der Waals surface area contributed by atoms with Gasteiger partial charge in [0.2, 0.25) is 0 Å². The van der Waals surface area contributed by atoms with Crippen molar-refractivity contribution in [3.05, 3.63) is 60.7 Å². The molecule has 0 unspecified atom stereocenters. The largest absolute Gasteiger partial charge is 0.309 e. The topological polar surface area (TPSA) is 42.5 Å². The van der Waals surface area contributed by atoms with E-state index in [-0.39, 0.29) is 0 Å². The maximum atomic E-state index is 4.27. The van der Waals surface area contributed by atoms with E-state index in [0.717, 1.165) is 16.7 Å². The molecule has 0 aliphatic heterocycles. The van der Waals surface area contributed by atoms with E-state index < -0.39 is 0 Å². The van der Waals surface area contributed by atoms with Crippen LogP contribution in [0.4, 0.5) is 11.6 Å². The van der Waals surface area contributed by atoms with Crippen molar-refractivity contribution >= 4 is 46.9 Å². The van der Waals surface area contributed by atoms with E-state index in [4.69, 9.17) is 0 Å². The van der Waals surface area contributed by atoms with Crippen molar-refractivity contribution in [1.82, 2.24) is 9.55 Å². The van der Waals surface area contributed by atoms with Gasteiger partial charge < -0.3 is 4.57 Å². The molecule has 0 amide bonds. The molecule has 4 heteroatoms. The third kappa shape index (κ3) is 2.04. The van der Waals surface area contributed by atoms with Crippen molar-refractivity contribution in [3.8, 4) is 5.69 Å². The summed E-state index contributed by atoms with van der Waals surface area (Å²) in [7, 11) is 0. The van der Waals surface area contributed by atoms with Gasteiger partial charge >= 0.3 is 0 Å². The summed E-state index contributed by atoms with van der Waals surface area (Å²) in [6.07, 6.45) is 0. The molecule has 2 aromatic heterocycles. The zero-order valence-electron chi connectivity index (χ0n) is 12.5. The van der Waals surface area contributed by atoms with E-state index >= 15 is 0 Å². The number of fused-ring (bicyclic) bond motifs is 3. The Bertz CT molecular complexity index is 980. The minimum Gasteiger partial charge on any atom is -0.309 e. The molecule has 0 bridgehead atoms. The minimum atomic E-state index is 0.534. The lowest BCUT2D eigenvalue weighted by Crippen LogP contribution is -1.94. The van der Waals surface area contributed by atoms with Gasteiger partial charge in [-0.1, -0.05) is 36.4 Å². The summed E-state index contributed by atoms with van der Waals surface area (Å²) in [5.74, 6) is 1.07. The highest BCUT2D eigenvalue weighted by molar-refractivity contribution is 6.09. The average molecular weight is 298 g/mol. The molecular weight excluding hydrogens is 284 g/mol. The fourth-order valence-electron chi connectivity index (χ4n) is 2.98. The molecule has 0 N–H and O–H groups in total. The van der Waals surface area contributed by atoms with Crippen LogP contribution in [-0.2, 0) is 0 Å². The summed E-state index contributed by atoms with van der Waals surface area (Å²) in [4.78, 5) is 12.2. The van der Waals surface area contributed by atoms with Crippen LogP contribution in [0.25, 0.3) is 27.5 Å². The molecule has 4 aromatic rings. The summed E-state index contributed by atoms with van der Waals surface area (Å²) in [5.41, 5.74) is 3.21. The second kappa shape index (κ2) is 5.18. The maximum absolute atomic E-state index is 4.27. The molecule has 0 spiro atoms. The SMILES string of the molecule is C=Nc1cc(-n2c3ccccc3c3ccccc32)cc(N=C)n1. The Morgan fingerprint density at radius 2 is 1.22 bits per heavy atom. The molecule has 0 saturated carbocycles. The minimum absolute atomic E-state index is 0.534. The number of benzene rings is 2. The Balaban J connectivity index is 2.16. The molecule has 4 nitrogen and oxygen atoms in total. The summed E-state index contributed by atoms with van der Waals surface area (Å²) < 4.78 is 2.19. The van der Waals surface area contributed by atoms with Gasteiger partial charge in [0.05, 0.1) is 16.7 Å². The zero-order valence-corrected chi connectivity index (χ0v) is 12.5. The van der Waals surface area contributed by atoms with E-state index in [2.05, 4.69) is 69.4 Å². The Morgan fingerprint density at radius 3 is 1.70 bits per heavy atom. The van der Waals surface area contributed by atoms with E-state index in [9.17, 15) is 0 Å². The van der Waals surface area contributed by atoms with E-state index in [1.165, 1.54) is 10.8 Å².